The van der Waals surface area contributed by atoms with E-state index < -0.39 is 0 Å². The number of hydrogen-bond acceptors (Lipinski definition) is 4. The summed E-state index contributed by atoms with van der Waals surface area (Å²) in [4.78, 5) is 15.4. The molecule has 0 aliphatic carbocycles. The molecule has 0 fully saturated rings. The Morgan fingerprint density at radius 2 is 1.93 bits per heavy atom. The summed E-state index contributed by atoms with van der Waals surface area (Å²) in [6, 6.07) is 12.9. The topological polar surface area (TPSA) is 59.5 Å². The molecule has 2 heterocycles. The van der Waals surface area contributed by atoms with Gasteiger partial charge in [0.1, 0.15) is 18.2 Å². The molecule has 1 aromatic heterocycles. The van der Waals surface area contributed by atoms with Gasteiger partial charge in [0.05, 0.1) is 33.6 Å². The lowest BCUT2D eigenvalue weighted by atomic mass is 10.2. The first-order valence-corrected chi connectivity index (χ1v) is 9.88. The number of aromatic nitrogens is 2. The van der Waals surface area contributed by atoms with Crippen LogP contribution in [0.15, 0.2) is 53.3 Å². The van der Waals surface area contributed by atoms with Crippen LogP contribution in [0.2, 0.25) is 5.02 Å². The zero-order valence-corrected chi connectivity index (χ0v) is 17.2. The second-order valence-corrected chi connectivity index (χ2v) is 7.23. The van der Waals surface area contributed by atoms with Crippen LogP contribution in [-0.4, -0.2) is 48.1 Å². The molecule has 8 heteroatoms. The van der Waals surface area contributed by atoms with E-state index in [1.54, 1.807) is 31.4 Å². The molecular weight excluding hydrogens is 409 g/mol. The second kappa shape index (κ2) is 8.77. The Labute approximate surface area is 177 Å². The van der Waals surface area contributed by atoms with Crippen LogP contribution in [0.25, 0.3) is 17.5 Å². The minimum atomic E-state index is -0.334. The summed E-state index contributed by atoms with van der Waals surface area (Å²) in [6.07, 6.45) is 1.96. The van der Waals surface area contributed by atoms with Gasteiger partial charge in [0.2, 0.25) is 0 Å². The molecule has 3 aromatic rings. The van der Waals surface area contributed by atoms with Crippen LogP contribution in [0, 0.1) is 5.82 Å². The molecule has 30 heavy (non-hydrogen) atoms. The van der Waals surface area contributed by atoms with Gasteiger partial charge >= 0.3 is 0 Å². The van der Waals surface area contributed by atoms with Crippen molar-refractivity contribution in [1.29, 1.82) is 0 Å². The summed E-state index contributed by atoms with van der Waals surface area (Å²) in [5.41, 5.74) is 1.10. The fraction of sp³-hybridized carbons (Fsp3) is 0.227. The van der Waals surface area contributed by atoms with E-state index in [0.29, 0.717) is 46.7 Å². The zero-order chi connectivity index (χ0) is 21.1. The highest BCUT2D eigenvalue weighted by molar-refractivity contribution is 6.32. The van der Waals surface area contributed by atoms with Gasteiger partial charge < -0.3 is 14.4 Å². The third kappa shape index (κ3) is 3.99. The highest BCUT2D eigenvalue weighted by atomic mass is 35.5. The van der Waals surface area contributed by atoms with Crippen molar-refractivity contribution in [3.63, 3.8) is 0 Å². The van der Waals surface area contributed by atoms with Gasteiger partial charge in [-0.1, -0.05) is 23.7 Å². The lowest BCUT2D eigenvalue weighted by molar-refractivity contribution is 0.173. The van der Waals surface area contributed by atoms with E-state index in [4.69, 9.17) is 21.1 Å². The number of halogens is 2. The molecule has 156 valence electrons. The van der Waals surface area contributed by atoms with Crippen molar-refractivity contribution in [1.82, 2.24) is 14.7 Å². The quantitative estimate of drug-likeness (QED) is 0.623. The van der Waals surface area contributed by atoms with E-state index in [-0.39, 0.29) is 18.0 Å². The first-order valence-electron chi connectivity index (χ1n) is 9.50. The molecule has 6 nitrogen and oxygen atoms in total. The Bertz CT molecular complexity index is 1220. The number of methoxy groups -OCH3 is 1. The van der Waals surface area contributed by atoms with Crippen LogP contribution in [0.1, 0.15) is 0 Å². The highest BCUT2D eigenvalue weighted by Crippen LogP contribution is 2.17. The maximum absolute atomic E-state index is 13.3. The standard InChI is InChI=1S/C22H21ClFN3O3/c1-29-13-12-26-11-10-18-21(20(26)14-30-16-8-6-15(24)7-9-16)22(28)27(25-18)19-5-3-2-4-17(19)23/h2-10,25H,11-14H2,1H3. The molecule has 1 aliphatic rings. The molecule has 4 rings (SSSR count). The number of aromatic amines is 1. The minimum Gasteiger partial charge on any atom is -0.487 e. The van der Waals surface area contributed by atoms with E-state index in [2.05, 4.69) is 5.10 Å². The number of fused-ring (bicyclic) bond motifs is 1. The number of ether oxygens (including phenoxy) is 2. The van der Waals surface area contributed by atoms with Crippen LogP contribution in [0.4, 0.5) is 4.39 Å². The number of para-hydroxylation sites is 1. The first-order chi connectivity index (χ1) is 14.6. The van der Waals surface area contributed by atoms with Crippen LogP contribution >= 0.6 is 11.6 Å². The average Bonchev–Trinajstić information content (AvgIpc) is 3.09. The number of H-pyrrole nitrogens is 1. The second-order valence-electron chi connectivity index (χ2n) is 6.82. The van der Waals surface area contributed by atoms with Gasteiger partial charge in [-0.3, -0.25) is 9.89 Å². The van der Waals surface area contributed by atoms with Crippen LogP contribution in [0.5, 0.6) is 5.75 Å². The zero-order valence-electron chi connectivity index (χ0n) is 16.4. The van der Waals surface area contributed by atoms with E-state index in [9.17, 15) is 9.18 Å². The summed E-state index contributed by atoms with van der Waals surface area (Å²) in [5, 5.41) is 4.86. The SMILES string of the molecule is COCCN1CC=c2[nH]n(-c3ccccc3Cl)c(=O)c2=C1COc1ccc(F)cc1. The van der Waals surface area contributed by atoms with Gasteiger partial charge in [-0.2, -0.15) is 0 Å². The molecule has 1 N–H and O–H groups in total. The van der Waals surface area contributed by atoms with Gasteiger partial charge in [0, 0.05) is 20.2 Å². The van der Waals surface area contributed by atoms with Gasteiger partial charge in [0.15, 0.2) is 0 Å². The smallest absolute Gasteiger partial charge is 0.281 e. The molecule has 0 radical (unpaired) electrons. The van der Waals surface area contributed by atoms with E-state index >= 15 is 0 Å². The third-order valence-corrected chi connectivity index (χ3v) is 5.27. The maximum Gasteiger partial charge on any atom is 0.281 e. The fourth-order valence-corrected chi connectivity index (χ4v) is 3.65. The van der Waals surface area contributed by atoms with Crippen molar-refractivity contribution in [2.75, 3.05) is 33.4 Å². The van der Waals surface area contributed by atoms with Crippen molar-refractivity contribution >= 4 is 23.4 Å². The molecule has 0 saturated carbocycles. The van der Waals surface area contributed by atoms with E-state index in [1.165, 1.54) is 16.8 Å². The van der Waals surface area contributed by atoms with Crippen LogP contribution in [0.3, 0.4) is 0 Å². The van der Waals surface area contributed by atoms with Gasteiger partial charge in [-0.05, 0) is 42.5 Å². The Balaban J connectivity index is 1.80. The molecule has 2 aromatic carbocycles. The summed E-state index contributed by atoms with van der Waals surface area (Å²) in [7, 11) is 1.63. The molecule has 1 aliphatic heterocycles. The molecule has 0 amide bonds. The lowest BCUT2D eigenvalue weighted by Crippen LogP contribution is -2.47. The molecule has 0 spiro atoms. The predicted octanol–water partition coefficient (Wildman–Crippen LogP) is 1.89. The summed E-state index contributed by atoms with van der Waals surface area (Å²) >= 11 is 6.30. The first kappa shape index (κ1) is 20.3. The van der Waals surface area contributed by atoms with Crippen molar-refractivity contribution in [3.8, 4) is 11.4 Å². The number of rotatable bonds is 7. The normalized spacial score (nSPS) is 13.2. The number of nitrogens with one attached hydrogen (secondary N) is 1. The predicted molar refractivity (Wildman–Crippen MR) is 114 cm³/mol. The number of nitrogens with zero attached hydrogens (tertiary/aromatic N) is 2. The highest BCUT2D eigenvalue weighted by Gasteiger charge is 2.20. The monoisotopic (exact) mass is 429 g/mol. The Morgan fingerprint density at radius 3 is 2.67 bits per heavy atom. The number of benzene rings is 2. The molecular formula is C22H21ClFN3O3. The van der Waals surface area contributed by atoms with Crippen molar-refractivity contribution in [3.05, 3.63) is 80.3 Å². The van der Waals surface area contributed by atoms with Crippen LogP contribution < -0.4 is 20.9 Å². The molecule has 0 saturated heterocycles. The van der Waals surface area contributed by atoms with Gasteiger partial charge in [-0.15, -0.1) is 0 Å². The van der Waals surface area contributed by atoms with Crippen LogP contribution in [-0.2, 0) is 4.74 Å². The summed E-state index contributed by atoms with van der Waals surface area (Å²) < 4.78 is 25.7. The Morgan fingerprint density at radius 1 is 1.17 bits per heavy atom. The Kier molecular flexibility index (Phi) is 5.92. The van der Waals surface area contributed by atoms with Crippen molar-refractivity contribution < 1.29 is 13.9 Å². The third-order valence-electron chi connectivity index (χ3n) is 4.95. The van der Waals surface area contributed by atoms with E-state index in [0.717, 1.165) is 5.70 Å². The summed E-state index contributed by atoms with van der Waals surface area (Å²) in [5.74, 6) is 0.188. The Hall–Kier alpha value is -3.03. The average molecular weight is 430 g/mol. The van der Waals surface area contributed by atoms with Gasteiger partial charge in [0.25, 0.3) is 5.56 Å². The molecule has 0 unspecified atom stereocenters. The fourth-order valence-electron chi connectivity index (χ4n) is 3.43. The van der Waals surface area contributed by atoms with Gasteiger partial charge in [-0.25, -0.2) is 9.07 Å². The largest absolute Gasteiger partial charge is 0.487 e. The lowest BCUT2D eigenvalue weighted by Gasteiger charge is -2.27. The number of hydrogen-bond donors (Lipinski definition) is 1. The molecule has 0 atom stereocenters. The summed E-state index contributed by atoms with van der Waals surface area (Å²) in [6.45, 7) is 1.87. The minimum absolute atomic E-state index is 0.159. The molecule has 0 bridgehead atoms. The maximum atomic E-state index is 13.3. The van der Waals surface area contributed by atoms with Crippen molar-refractivity contribution in [2.45, 2.75) is 0 Å². The van der Waals surface area contributed by atoms with E-state index in [1.807, 2.05) is 23.1 Å². The van der Waals surface area contributed by atoms with Crippen molar-refractivity contribution in [2.24, 2.45) is 0 Å².